The fourth-order valence-electron chi connectivity index (χ4n) is 1.72. The van der Waals surface area contributed by atoms with E-state index in [0.717, 1.165) is 0 Å². The van der Waals surface area contributed by atoms with Crippen LogP contribution in [-0.2, 0) is 11.8 Å². The van der Waals surface area contributed by atoms with Gasteiger partial charge >= 0.3 is 0 Å². The summed E-state index contributed by atoms with van der Waals surface area (Å²) in [5, 5.41) is 17.8. The molecule has 0 bridgehead atoms. The Bertz CT molecular complexity index is 714. The van der Waals surface area contributed by atoms with Crippen LogP contribution in [0.2, 0.25) is 0 Å². The van der Waals surface area contributed by atoms with Crippen LogP contribution in [0.3, 0.4) is 0 Å². The summed E-state index contributed by atoms with van der Waals surface area (Å²) in [7, 11) is 1.64. The van der Waals surface area contributed by atoms with Gasteiger partial charge in [0.15, 0.2) is 0 Å². The van der Waals surface area contributed by atoms with E-state index >= 15 is 0 Å². The van der Waals surface area contributed by atoms with Gasteiger partial charge in [0.2, 0.25) is 5.91 Å². The van der Waals surface area contributed by atoms with Gasteiger partial charge in [-0.15, -0.1) is 0 Å². The Kier molecular flexibility index (Phi) is 4.31. The number of nitrogens with zero attached hydrogens (tertiary/aromatic N) is 3. The topological polar surface area (TPSA) is 99.8 Å². The van der Waals surface area contributed by atoms with Crippen molar-refractivity contribution >= 4 is 17.5 Å². The summed E-state index contributed by atoms with van der Waals surface area (Å²) < 4.78 is 1.42. The summed E-state index contributed by atoms with van der Waals surface area (Å²) in [5.74, 6) is -0.753. The third-order valence-corrected chi connectivity index (χ3v) is 2.74. The van der Waals surface area contributed by atoms with Gasteiger partial charge in [-0.1, -0.05) is 6.07 Å². The average molecular weight is 283 g/mol. The van der Waals surface area contributed by atoms with Gasteiger partial charge in [0, 0.05) is 18.9 Å². The molecule has 0 fully saturated rings. The van der Waals surface area contributed by atoms with E-state index in [9.17, 15) is 9.59 Å². The molecule has 0 aliphatic rings. The second-order valence-electron chi connectivity index (χ2n) is 4.26. The number of hydrogen-bond donors (Lipinski definition) is 2. The van der Waals surface area contributed by atoms with E-state index < -0.39 is 0 Å². The quantitative estimate of drug-likeness (QED) is 0.860. The molecule has 0 spiro atoms. The molecule has 0 unspecified atom stereocenters. The molecule has 7 heteroatoms. The molecule has 0 aliphatic heterocycles. The van der Waals surface area contributed by atoms with Gasteiger partial charge < -0.3 is 10.6 Å². The fourth-order valence-corrected chi connectivity index (χ4v) is 1.72. The first kappa shape index (κ1) is 14.3. The highest BCUT2D eigenvalue weighted by Gasteiger charge is 2.11. The van der Waals surface area contributed by atoms with Crippen LogP contribution in [0.1, 0.15) is 16.1 Å². The van der Waals surface area contributed by atoms with E-state index in [0.29, 0.717) is 16.9 Å². The lowest BCUT2D eigenvalue weighted by Gasteiger charge is -2.07. The molecule has 2 N–H and O–H groups in total. The van der Waals surface area contributed by atoms with Crippen LogP contribution < -0.4 is 10.6 Å². The molecule has 21 heavy (non-hydrogen) atoms. The average Bonchev–Trinajstić information content (AvgIpc) is 2.91. The predicted octanol–water partition coefficient (Wildman–Crippen LogP) is 0.660. The van der Waals surface area contributed by atoms with Crippen molar-refractivity contribution in [2.75, 3.05) is 11.9 Å². The fraction of sp³-hybridized carbons (Fsp3) is 0.143. The number of aryl methyl sites for hydroxylation is 1. The molecule has 1 aromatic carbocycles. The number of carbonyl (C=O) groups excluding carboxylic acids is 2. The van der Waals surface area contributed by atoms with Crippen LogP contribution >= 0.6 is 0 Å². The molecule has 2 amide bonds. The summed E-state index contributed by atoms with van der Waals surface area (Å²) in [4.78, 5) is 23.5. The smallest absolute Gasteiger partial charge is 0.269 e. The lowest BCUT2D eigenvalue weighted by molar-refractivity contribution is -0.115. The zero-order chi connectivity index (χ0) is 15.2. The number of amides is 2. The molecule has 0 radical (unpaired) electrons. The molecular weight excluding hydrogens is 270 g/mol. The molecule has 0 saturated carbocycles. The molecular formula is C14H13N5O2. The normalized spacial score (nSPS) is 9.71. The maximum absolute atomic E-state index is 11.8. The van der Waals surface area contributed by atoms with Gasteiger partial charge in [0.25, 0.3) is 5.91 Å². The SMILES string of the molecule is Cn1nccc1C(=O)NCC(=O)Nc1cccc(C#N)c1. The highest BCUT2D eigenvalue weighted by molar-refractivity contribution is 5.98. The van der Waals surface area contributed by atoms with E-state index in [1.165, 1.54) is 10.9 Å². The third kappa shape index (κ3) is 3.67. The number of rotatable bonds is 4. The highest BCUT2D eigenvalue weighted by atomic mass is 16.2. The van der Waals surface area contributed by atoms with Crippen molar-refractivity contribution in [1.82, 2.24) is 15.1 Å². The first-order chi connectivity index (χ1) is 10.1. The number of carbonyl (C=O) groups is 2. The van der Waals surface area contributed by atoms with Crippen LogP contribution in [-0.4, -0.2) is 28.1 Å². The second-order valence-corrected chi connectivity index (χ2v) is 4.26. The van der Waals surface area contributed by atoms with Crippen molar-refractivity contribution in [2.45, 2.75) is 0 Å². The summed E-state index contributed by atoms with van der Waals surface area (Å²) in [6, 6.07) is 10.1. The summed E-state index contributed by atoms with van der Waals surface area (Å²) in [6.45, 7) is -0.166. The Labute approximate surface area is 121 Å². The minimum Gasteiger partial charge on any atom is -0.342 e. The Hall–Kier alpha value is -3.14. The first-order valence-corrected chi connectivity index (χ1v) is 6.16. The molecule has 2 rings (SSSR count). The van der Waals surface area contributed by atoms with Gasteiger partial charge in [-0.3, -0.25) is 14.3 Å². The Morgan fingerprint density at radius 1 is 1.38 bits per heavy atom. The number of aromatic nitrogens is 2. The summed E-state index contributed by atoms with van der Waals surface area (Å²) in [6.07, 6.45) is 1.50. The van der Waals surface area contributed by atoms with E-state index in [4.69, 9.17) is 5.26 Å². The number of nitrogens with one attached hydrogen (secondary N) is 2. The molecule has 0 aliphatic carbocycles. The van der Waals surface area contributed by atoms with E-state index in [2.05, 4.69) is 15.7 Å². The molecule has 7 nitrogen and oxygen atoms in total. The van der Waals surface area contributed by atoms with Crippen molar-refractivity contribution in [1.29, 1.82) is 5.26 Å². The van der Waals surface area contributed by atoms with Crippen molar-refractivity contribution in [3.63, 3.8) is 0 Å². The van der Waals surface area contributed by atoms with Crippen LogP contribution in [0.15, 0.2) is 36.5 Å². The monoisotopic (exact) mass is 283 g/mol. The zero-order valence-electron chi connectivity index (χ0n) is 11.3. The second kappa shape index (κ2) is 6.34. The first-order valence-electron chi connectivity index (χ1n) is 6.16. The van der Waals surface area contributed by atoms with Crippen molar-refractivity contribution < 1.29 is 9.59 Å². The van der Waals surface area contributed by atoms with Crippen LogP contribution in [0.4, 0.5) is 5.69 Å². The minimum absolute atomic E-state index is 0.166. The van der Waals surface area contributed by atoms with Crippen molar-refractivity contribution in [3.05, 3.63) is 47.8 Å². The highest BCUT2D eigenvalue weighted by Crippen LogP contribution is 2.09. The van der Waals surface area contributed by atoms with Crippen LogP contribution in [0.5, 0.6) is 0 Å². The lowest BCUT2D eigenvalue weighted by Crippen LogP contribution is -2.33. The zero-order valence-corrected chi connectivity index (χ0v) is 11.3. The Balaban J connectivity index is 1.89. The molecule has 1 aromatic heterocycles. The summed E-state index contributed by atoms with van der Waals surface area (Å²) in [5.41, 5.74) is 1.33. The van der Waals surface area contributed by atoms with Gasteiger partial charge in [-0.2, -0.15) is 10.4 Å². The number of benzene rings is 1. The van der Waals surface area contributed by atoms with Crippen molar-refractivity contribution in [3.8, 4) is 6.07 Å². The Morgan fingerprint density at radius 3 is 2.86 bits per heavy atom. The largest absolute Gasteiger partial charge is 0.342 e. The van der Waals surface area contributed by atoms with Gasteiger partial charge in [0.1, 0.15) is 5.69 Å². The number of nitriles is 1. The third-order valence-electron chi connectivity index (χ3n) is 2.74. The molecule has 106 valence electrons. The molecule has 1 heterocycles. The van der Waals surface area contributed by atoms with Crippen LogP contribution in [0, 0.1) is 11.3 Å². The van der Waals surface area contributed by atoms with E-state index in [-0.39, 0.29) is 18.4 Å². The maximum Gasteiger partial charge on any atom is 0.269 e. The molecule has 2 aromatic rings. The van der Waals surface area contributed by atoms with E-state index in [1.807, 2.05) is 6.07 Å². The molecule has 0 atom stereocenters. The minimum atomic E-state index is -0.379. The van der Waals surface area contributed by atoms with Gasteiger partial charge in [-0.25, -0.2) is 0 Å². The Morgan fingerprint density at radius 2 is 2.19 bits per heavy atom. The standard InChI is InChI=1S/C14H13N5O2/c1-19-12(5-6-17-19)14(21)16-9-13(20)18-11-4-2-3-10(7-11)8-15/h2-7H,9H2,1H3,(H,16,21)(H,18,20). The summed E-state index contributed by atoms with van der Waals surface area (Å²) >= 11 is 0. The van der Waals surface area contributed by atoms with Gasteiger partial charge in [0.05, 0.1) is 18.2 Å². The predicted molar refractivity (Wildman–Crippen MR) is 75.3 cm³/mol. The number of hydrogen-bond acceptors (Lipinski definition) is 4. The lowest BCUT2D eigenvalue weighted by atomic mass is 10.2. The maximum atomic E-state index is 11.8. The number of anilines is 1. The van der Waals surface area contributed by atoms with Crippen molar-refractivity contribution in [2.24, 2.45) is 7.05 Å². The van der Waals surface area contributed by atoms with Crippen LogP contribution in [0.25, 0.3) is 0 Å². The van der Waals surface area contributed by atoms with Gasteiger partial charge in [-0.05, 0) is 24.3 Å². The van der Waals surface area contributed by atoms with E-state index in [1.54, 1.807) is 37.4 Å². The molecule has 0 saturated heterocycles.